The third kappa shape index (κ3) is 4.79. The van der Waals surface area contributed by atoms with Crippen molar-refractivity contribution in [3.05, 3.63) is 23.5 Å². The molecular formula is C17H24F2N2O3. The number of aryl methyl sites for hydroxylation is 1. The highest BCUT2D eigenvalue weighted by Crippen LogP contribution is 2.27. The first kappa shape index (κ1) is 18.4. The van der Waals surface area contributed by atoms with E-state index in [1.807, 2.05) is 27.7 Å². The normalized spacial score (nSPS) is 21.2. The molecule has 1 amide bonds. The third-order valence-electron chi connectivity index (χ3n) is 3.64. The second-order valence-corrected chi connectivity index (χ2v) is 7.13. The van der Waals surface area contributed by atoms with Crippen LogP contribution < -0.4 is 4.74 Å². The van der Waals surface area contributed by atoms with Crippen molar-refractivity contribution in [2.45, 2.75) is 65.2 Å². The molecule has 1 aliphatic rings. The maximum absolute atomic E-state index is 12.8. The third-order valence-corrected chi connectivity index (χ3v) is 3.64. The lowest BCUT2D eigenvalue weighted by molar-refractivity contribution is 0.0224. The van der Waals surface area contributed by atoms with Crippen LogP contribution in [0.3, 0.4) is 0 Å². The standard InChI is InChI=1S/C17H24F2N2O3/c1-10-6-12(8-14(20-10)15(18)19)23-13-7-11(2)21(9-13)16(22)24-17(3,4)5/h6,8,11,13,15H,7,9H2,1-5H3/t11-,13+/m0/s1. The van der Waals surface area contributed by atoms with E-state index in [4.69, 9.17) is 9.47 Å². The van der Waals surface area contributed by atoms with Crippen LogP contribution in [0.4, 0.5) is 13.6 Å². The van der Waals surface area contributed by atoms with Gasteiger partial charge in [0.1, 0.15) is 23.1 Å². The second kappa shape index (κ2) is 6.91. The SMILES string of the molecule is Cc1cc(O[C@@H]2C[C@H](C)N(C(=O)OC(C)(C)C)C2)cc(C(F)F)n1. The van der Waals surface area contributed by atoms with Crippen molar-refractivity contribution in [3.8, 4) is 5.75 Å². The van der Waals surface area contributed by atoms with Crippen LogP contribution in [0.1, 0.15) is 51.9 Å². The summed E-state index contributed by atoms with van der Waals surface area (Å²) in [5.41, 5.74) is -0.401. The van der Waals surface area contributed by atoms with Crippen LogP contribution >= 0.6 is 0 Å². The number of hydrogen-bond donors (Lipinski definition) is 0. The van der Waals surface area contributed by atoms with Gasteiger partial charge >= 0.3 is 6.09 Å². The highest BCUT2D eigenvalue weighted by Gasteiger charge is 2.36. The smallest absolute Gasteiger partial charge is 0.410 e. The molecule has 0 saturated carbocycles. The number of pyridine rings is 1. The van der Waals surface area contributed by atoms with Crippen molar-refractivity contribution in [2.75, 3.05) is 6.54 Å². The van der Waals surface area contributed by atoms with Crippen molar-refractivity contribution in [1.82, 2.24) is 9.88 Å². The number of carbonyl (C=O) groups excluding carboxylic acids is 1. The first-order valence-electron chi connectivity index (χ1n) is 7.98. The number of nitrogens with zero attached hydrogens (tertiary/aromatic N) is 2. The number of halogens is 2. The van der Waals surface area contributed by atoms with Gasteiger partial charge in [0.15, 0.2) is 0 Å². The average Bonchev–Trinajstić information content (AvgIpc) is 2.77. The molecule has 0 aliphatic carbocycles. The van der Waals surface area contributed by atoms with Gasteiger partial charge in [0.25, 0.3) is 6.43 Å². The van der Waals surface area contributed by atoms with Crippen molar-refractivity contribution in [2.24, 2.45) is 0 Å². The monoisotopic (exact) mass is 342 g/mol. The Morgan fingerprint density at radius 2 is 2.04 bits per heavy atom. The van der Waals surface area contributed by atoms with Gasteiger partial charge in [-0.25, -0.2) is 13.6 Å². The van der Waals surface area contributed by atoms with Crippen molar-refractivity contribution in [3.63, 3.8) is 0 Å². The first-order valence-corrected chi connectivity index (χ1v) is 7.98. The van der Waals surface area contributed by atoms with Crippen LogP contribution in [-0.4, -0.2) is 40.3 Å². The number of aromatic nitrogens is 1. The van der Waals surface area contributed by atoms with Crippen LogP contribution in [0.5, 0.6) is 5.75 Å². The van der Waals surface area contributed by atoms with Gasteiger partial charge in [0.05, 0.1) is 6.54 Å². The zero-order chi connectivity index (χ0) is 18.1. The largest absolute Gasteiger partial charge is 0.488 e. The van der Waals surface area contributed by atoms with E-state index < -0.39 is 12.0 Å². The van der Waals surface area contributed by atoms with E-state index in [1.54, 1.807) is 17.9 Å². The molecule has 1 fully saturated rings. The van der Waals surface area contributed by atoms with Gasteiger partial charge < -0.3 is 14.4 Å². The van der Waals surface area contributed by atoms with E-state index in [0.717, 1.165) is 0 Å². The highest BCUT2D eigenvalue weighted by molar-refractivity contribution is 5.69. The Labute approximate surface area is 141 Å². The predicted octanol–water partition coefficient (Wildman–Crippen LogP) is 4.10. The summed E-state index contributed by atoms with van der Waals surface area (Å²) in [6.07, 6.45) is -2.68. The molecule has 1 saturated heterocycles. The number of amides is 1. The molecule has 0 spiro atoms. The van der Waals surface area contributed by atoms with Crippen molar-refractivity contribution in [1.29, 1.82) is 0 Å². The van der Waals surface area contributed by atoms with E-state index in [0.29, 0.717) is 24.4 Å². The average molecular weight is 342 g/mol. The fourth-order valence-electron chi connectivity index (χ4n) is 2.68. The Kier molecular flexibility index (Phi) is 5.30. The lowest BCUT2D eigenvalue weighted by Crippen LogP contribution is -2.39. The van der Waals surface area contributed by atoms with Gasteiger partial charge in [0, 0.05) is 30.3 Å². The summed E-state index contributed by atoms with van der Waals surface area (Å²) in [6, 6.07) is 2.83. The molecule has 2 atom stereocenters. The minimum absolute atomic E-state index is 0.0395. The first-order chi connectivity index (χ1) is 11.0. The topological polar surface area (TPSA) is 51.7 Å². The second-order valence-electron chi connectivity index (χ2n) is 7.13. The van der Waals surface area contributed by atoms with E-state index in [1.165, 1.54) is 6.07 Å². The Bertz CT molecular complexity index is 602. The minimum Gasteiger partial charge on any atom is -0.488 e. The molecule has 0 unspecified atom stereocenters. The van der Waals surface area contributed by atoms with Crippen LogP contribution in [0, 0.1) is 6.92 Å². The molecule has 5 nitrogen and oxygen atoms in total. The fraction of sp³-hybridized carbons (Fsp3) is 0.647. The molecule has 1 aromatic heterocycles. The molecule has 1 aliphatic heterocycles. The quantitative estimate of drug-likeness (QED) is 0.830. The Morgan fingerprint density at radius 3 is 2.62 bits per heavy atom. The molecule has 134 valence electrons. The summed E-state index contributed by atoms with van der Waals surface area (Å²) in [6.45, 7) is 9.35. The maximum atomic E-state index is 12.8. The molecule has 0 radical (unpaired) electrons. The molecule has 2 heterocycles. The fourth-order valence-corrected chi connectivity index (χ4v) is 2.68. The number of hydrogen-bond acceptors (Lipinski definition) is 4. The lowest BCUT2D eigenvalue weighted by Gasteiger charge is -2.26. The van der Waals surface area contributed by atoms with Crippen LogP contribution in [0.15, 0.2) is 12.1 Å². The minimum atomic E-state index is -2.65. The summed E-state index contributed by atoms with van der Waals surface area (Å²) in [5.74, 6) is 0.348. The van der Waals surface area contributed by atoms with Gasteiger partial charge in [-0.2, -0.15) is 0 Å². The summed E-state index contributed by atoms with van der Waals surface area (Å²) < 4.78 is 36.9. The molecular weight excluding hydrogens is 318 g/mol. The number of rotatable bonds is 3. The van der Waals surface area contributed by atoms with E-state index >= 15 is 0 Å². The van der Waals surface area contributed by atoms with Gasteiger partial charge in [-0.1, -0.05) is 0 Å². The molecule has 7 heteroatoms. The molecule has 2 rings (SSSR count). The van der Waals surface area contributed by atoms with Crippen LogP contribution in [0.2, 0.25) is 0 Å². The predicted molar refractivity (Wildman–Crippen MR) is 85.4 cm³/mol. The maximum Gasteiger partial charge on any atom is 0.410 e. The molecule has 0 aromatic carbocycles. The van der Waals surface area contributed by atoms with Crippen LogP contribution in [0.25, 0.3) is 0 Å². The molecule has 1 aromatic rings. The Balaban J connectivity index is 2.04. The van der Waals surface area contributed by atoms with Gasteiger partial charge in [-0.05, 0) is 34.6 Å². The number of alkyl halides is 2. The summed E-state index contributed by atoms with van der Waals surface area (Å²) in [7, 11) is 0. The zero-order valence-electron chi connectivity index (χ0n) is 14.7. The van der Waals surface area contributed by atoms with E-state index in [2.05, 4.69) is 4.98 Å². The van der Waals surface area contributed by atoms with E-state index in [9.17, 15) is 13.6 Å². The van der Waals surface area contributed by atoms with Crippen molar-refractivity contribution >= 4 is 6.09 Å². The Hall–Kier alpha value is -1.92. The summed E-state index contributed by atoms with van der Waals surface area (Å²) in [4.78, 5) is 17.6. The number of likely N-dealkylation sites (tertiary alicyclic amines) is 1. The summed E-state index contributed by atoms with van der Waals surface area (Å²) in [5, 5.41) is 0. The number of ether oxygens (including phenoxy) is 2. The van der Waals surface area contributed by atoms with E-state index in [-0.39, 0.29) is 23.9 Å². The van der Waals surface area contributed by atoms with Crippen LogP contribution in [-0.2, 0) is 4.74 Å². The Morgan fingerprint density at radius 1 is 1.38 bits per heavy atom. The number of carbonyl (C=O) groups is 1. The van der Waals surface area contributed by atoms with Gasteiger partial charge in [0.2, 0.25) is 0 Å². The zero-order valence-corrected chi connectivity index (χ0v) is 14.7. The molecule has 0 N–H and O–H groups in total. The highest BCUT2D eigenvalue weighted by atomic mass is 19.3. The van der Waals surface area contributed by atoms with Gasteiger partial charge in [-0.15, -0.1) is 0 Å². The molecule has 0 bridgehead atoms. The lowest BCUT2D eigenvalue weighted by atomic mass is 10.2. The van der Waals surface area contributed by atoms with Gasteiger partial charge in [-0.3, -0.25) is 4.98 Å². The summed E-state index contributed by atoms with van der Waals surface area (Å²) >= 11 is 0. The van der Waals surface area contributed by atoms with Crippen molar-refractivity contribution < 1.29 is 23.0 Å². The molecule has 24 heavy (non-hydrogen) atoms.